The van der Waals surface area contributed by atoms with Crippen molar-refractivity contribution < 1.29 is 18.0 Å². The minimum Gasteiger partial charge on any atom is -0.273 e. The molecule has 2 aliphatic heterocycles. The zero-order valence-electron chi connectivity index (χ0n) is 14.1. The van der Waals surface area contributed by atoms with Crippen molar-refractivity contribution in [1.29, 1.82) is 0 Å². The van der Waals surface area contributed by atoms with E-state index in [1.165, 1.54) is 9.37 Å². The molecule has 0 aliphatic carbocycles. The Hall–Kier alpha value is -1.45. The molecule has 1 amide bonds. The maximum absolute atomic E-state index is 12.5. The number of nitrogens with zero attached hydrogens (tertiary/aromatic N) is 4. The Balaban J connectivity index is 1.78. The molecule has 1 fully saturated rings. The Kier molecular flexibility index (Phi) is 4.93. The van der Waals surface area contributed by atoms with Gasteiger partial charge in [0.2, 0.25) is 15.9 Å². The molecule has 3 heterocycles. The molecule has 1 aromatic heterocycles. The van der Waals surface area contributed by atoms with Crippen LogP contribution >= 0.6 is 0 Å². The summed E-state index contributed by atoms with van der Waals surface area (Å²) >= 11 is 0. The molecule has 0 aromatic carbocycles. The van der Waals surface area contributed by atoms with Gasteiger partial charge < -0.3 is 0 Å². The standard InChI is InChI=1S/C15H24N4O4S/c1-12(2)24(21,22)17-10-13-5-6-16-19(13)14(11-17)9-15(20)18-7-3-4-8-23-18/h5-6,12,14H,3-4,7-11H2,1-2H3. The van der Waals surface area contributed by atoms with Crippen LogP contribution in [0.3, 0.4) is 0 Å². The molecule has 134 valence electrons. The summed E-state index contributed by atoms with van der Waals surface area (Å²) in [5.41, 5.74) is 0.808. The second kappa shape index (κ2) is 6.81. The molecule has 9 heteroatoms. The number of sulfonamides is 1. The quantitative estimate of drug-likeness (QED) is 0.801. The van der Waals surface area contributed by atoms with Gasteiger partial charge in [0.05, 0.1) is 36.6 Å². The molecule has 0 N–H and O–H groups in total. The highest BCUT2D eigenvalue weighted by Gasteiger charge is 2.36. The van der Waals surface area contributed by atoms with E-state index in [9.17, 15) is 13.2 Å². The van der Waals surface area contributed by atoms with Gasteiger partial charge in [0.25, 0.3) is 0 Å². The average Bonchev–Trinajstić information content (AvgIpc) is 3.04. The molecule has 0 saturated carbocycles. The number of amides is 1. The van der Waals surface area contributed by atoms with Crippen LogP contribution < -0.4 is 0 Å². The third-order valence-corrected chi connectivity index (χ3v) is 6.69. The summed E-state index contributed by atoms with van der Waals surface area (Å²) in [6.45, 7) is 5.04. The van der Waals surface area contributed by atoms with Crippen molar-refractivity contribution in [2.75, 3.05) is 19.7 Å². The summed E-state index contributed by atoms with van der Waals surface area (Å²) in [6.07, 6.45) is 3.71. The Morgan fingerprint density at radius 1 is 1.42 bits per heavy atom. The second-order valence-electron chi connectivity index (χ2n) is 6.55. The van der Waals surface area contributed by atoms with E-state index in [0.717, 1.165) is 18.5 Å². The Labute approximate surface area is 142 Å². The van der Waals surface area contributed by atoms with E-state index < -0.39 is 15.3 Å². The minimum absolute atomic E-state index is 0.120. The van der Waals surface area contributed by atoms with E-state index in [1.54, 1.807) is 30.8 Å². The normalized spacial score (nSPS) is 22.6. The first kappa shape index (κ1) is 17.4. The summed E-state index contributed by atoms with van der Waals surface area (Å²) in [5.74, 6) is -0.120. The molecular formula is C15H24N4O4S. The fourth-order valence-electron chi connectivity index (χ4n) is 3.09. The van der Waals surface area contributed by atoms with E-state index in [4.69, 9.17) is 4.84 Å². The van der Waals surface area contributed by atoms with Crippen LogP contribution in [0.2, 0.25) is 0 Å². The van der Waals surface area contributed by atoms with Crippen LogP contribution in [0.4, 0.5) is 0 Å². The number of hydrogen-bond acceptors (Lipinski definition) is 5. The first-order valence-electron chi connectivity index (χ1n) is 8.34. The molecule has 0 bridgehead atoms. The number of hydrogen-bond donors (Lipinski definition) is 0. The first-order valence-corrected chi connectivity index (χ1v) is 9.84. The third kappa shape index (κ3) is 3.33. The maximum atomic E-state index is 12.5. The molecule has 0 radical (unpaired) electrons. The van der Waals surface area contributed by atoms with Gasteiger partial charge in [-0.15, -0.1) is 0 Å². The van der Waals surface area contributed by atoms with Crippen LogP contribution in [-0.2, 0) is 26.2 Å². The van der Waals surface area contributed by atoms with E-state index >= 15 is 0 Å². The van der Waals surface area contributed by atoms with Gasteiger partial charge in [-0.05, 0) is 32.8 Å². The van der Waals surface area contributed by atoms with Gasteiger partial charge >= 0.3 is 0 Å². The van der Waals surface area contributed by atoms with Crippen LogP contribution in [0.25, 0.3) is 0 Å². The van der Waals surface area contributed by atoms with Gasteiger partial charge in [-0.25, -0.2) is 13.5 Å². The molecule has 1 unspecified atom stereocenters. The zero-order chi connectivity index (χ0) is 17.3. The van der Waals surface area contributed by atoms with Crippen molar-refractivity contribution in [2.24, 2.45) is 0 Å². The molecule has 0 spiro atoms. The van der Waals surface area contributed by atoms with Crippen molar-refractivity contribution in [3.63, 3.8) is 0 Å². The number of hydroxylamine groups is 2. The summed E-state index contributed by atoms with van der Waals surface area (Å²) in [5, 5.41) is 5.19. The topological polar surface area (TPSA) is 84.7 Å². The first-order chi connectivity index (χ1) is 11.4. The van der Waals surface area contributed by atoms with Gasteiger partial charge in [-0.2, -0.15) is 9.40 Å². The van der Waals surface area contributed by atoms with Gasteiger partial charge in [0, 0.05) is 19.3 Å². The second-order valence-corrected chi connectivity index (χ2v) is 9.04. The lowest BCUT2D eigenvalue weighted by molar-refractivity contribution is -0.198. The van der Waals surface area contributed by atoms with Gasteiger partial charge in [0.15, 0.2) is 0 Å². The zero-order valence-corrected chi connectivity index (χ0v) is 14.9. The summed E-state index contributed by atoms with van der Waals surface area (Å²) in [6, 6.07) is 1.49. The number of carbonyl (C=O) groups is 1. The van der Waals surface area contributed by atoms with Crippen molar-refractivity contribution in [3.05, 3.63) is 18.0 Å². The van der Waals surface area contributed by atoms with Gasteiger partial charge in [-0.3, -0.25) is 14.3 Å². The lowest BCUT2D eigenvalue weighted by atomic mass is 10.1. The molecule has 1 atom stereocenters. The highest BCUT2D eigenvalue weighted by molar-refractivity contribution is 7.89. The van der Waals surface area contributed by atoms with Gasteiger partial charge in [-0.1, -0.05) is 0 Å². The van der Waals surface area contributed by atoms with Crippen LogP contribution in [0, 0.1) is 0 Å². The third-order valence-electron chi connectivity index (χ3n) is 4.50. The van der Waals surface area contributed by atoms with Gasteiger partial charge in [0.1, 0.15) is 0 Å². The number of fused-ring (bicyclic) bond motifs is 1. The number of rotatable bonds is 4. The smallest absolute Gasteiger partial charge is 0.248 e. The Bertz CT molecular complexity index is 694. The molecule has 8 nitrogen and oxygen atoms in total. The number of aromatic nitrogens is 2. The summed E-state index contributed by atoms with van der Waals surface area (Å²) in [4.78, 5) is 17.9. The van der Waals surface area contributed by atoms with E-state index in [1.807, 2.05) is 0 Å². The van der Waals surface area contributed by atoms with Crippen LogP contribution in [0.15, 0.2) is 12.3 Å². The molecule has 24 heavy (non-hydrogen) atoms. The lowest BCUT2D eigenvalue weighted by Crippen LogP contribution is -2.45. The van der Waals surface area contributed by atoms with E-state index in [-0.39, 0.29) is 24.9 Å². The summed E-state index contributed by atoms with van der Waals surface area (Å²) < 4.78 is 28.3. The van der Waals surface area contributed by atoms with Crippen LogP contribution in [0.5, 0.6) is 0 Å². The molecule has 3 rings (SSSR count). The monoisotopic (exact) mass is 356 g/mol. The lowest BCUT2D eigenvalue weighted by Gasteiger charge is -2.35. The molecule has 2 aliphatic rings. The fourth-order valence-corrected chi connectivity index (χ4v) is 4.38. The van der Waals surface area contributed by atoms with Crippen molar-refractivity contribution in [2.45, 2.75) is 50.9 Å². The highest BCUT2D eigenvalue weighted by Crippen LogP contribution is 2.27. The maximum Gasteiger partial charge on any atom is 0.248 e. The predicted octanol–water partition coefficient (Wildman–Crippen LogP) is 0.922. The van der Waals surface area contributed by atoms with Crippen molar-refractivity contribution in [1.82, 2.24) is 19.1 Å². The van der Waals surface area contributed by atoms with Crippen LogP contribution in [0.1, 0.15) is 44.8 Å². The largest absolute Gasteiger partial charge is 0.273 e. The highest BCUT2D eigenvalue weighted by atomic mass is 32.2. The Morgan fingerprint density at radius 2 is 2.21 bits per heavy atom. The van der Waals surface area contributed by atoms with E-state index in [2.05, 4.69) is 5.10 Å². The SMILES string of the molecule is CC(C)S(=O)(=O)N1Cc2ccnn2C(CC(=O)N2CCCCO2)C1. The van der Waals surface area contributed by atoms with E-state index in [0.29, 0.717) is 19.7 Å². The molecular weight excluding hydrogens is 332 g/mol. The van der Waals surface area contributed by atoms with Crippen molar-refractivity contribution in [3.8, 4) is 0 Å². The molecule has 1 aromatic rings. The summed E-state index contributed by atoms with van der Waals surface area (Å²) in [7, 11) is -3.38. The molecule has 1 saturated heterocycles. The fraction of sp³-hybridized carbons (Fsp3) is 0.733. The average molecular weight is 356 g/mol. The predicted molar refractivity (Wildman–Crippen MR) is 87.2 cm³/mol. The Morgan fingerprint density at radius 3 is 2.88 bits per heavy atom. The van der Waals surface area contributed by atoms with Crippen LogP contribution in [-0.4, -0.2) is 58.4 Å². The van der Waals surface area contributed by atoms with Crippen molar-refractivity contribution >= 4 is 15.9 Å². The number of carbonyl (C=O) groups excluding carboxylic acids is 1. The minimum atomic E-state index is -3.38.